The molecular formula is C18H25NO2. The van der Waals surface area contributed by atoms with E-state index in [-0.39, 0.29) is 6.04 Å². The lowest BCUT2D eigenvalue weighted by atomic mass is 10.0. The van der Waals surface area contributed by atoms with Gasteiger partial charge in [0.2, 0.25) is 0 Å². The van der Waals surface area contributed by atoms with Gasteiger partial charge in [0.05, 0.1) is 6.04 Å². The molecule has 1 atom stereocenters. The first-order valence-corrected chi connectivity index (χ1v) is 7.59. The predicted molar refractivity (Wildman–Crippen MR) is 85.3 cm³/mol. The zero-order valence-electron chi connectivity index (χ0n) is 13.2. The Labute approximate surface area is 127 Å². The molecule has 0 spiro atoms. The van der Waals surface area contributed by atoms with Gasteiger partial charge in [0.25, 0.3) is 0 Å². The van der Waals surface area contributed by atoms with Crippen molar-refractivity contribution in [2.75, 3.05) is 13.7 Å². The van der Waals surface area contributed by atoms with Crippen molar-refractivity contribution in [1.29, 1.82) is 0 Å². The first-order chi connectivity index (χ1) is 10.2. The lowest BCUT2D eigenvalue weighted by Crippen LogP contribution is -2.23. The molecule has 0 aliphatic rings. The van der Waals surface area contributed by atoms with E-state index < -0.39 is 0 Å². The van der Waals surface area contributed by atoms with Crippen molar-refractivity contribution < 1.29 is 9.15 Å². The summed E-state index contributed by atoms with van der Waals surface area (Å²) in [4.78, 5) is 0. The number of nitrogens with one attached hydrogen (secondary N) is 1. The van der Waals surface area contributed by atoms with Crippen molar-refractivity contribution in [3.8, 4) is 0 Å². The van der Waals surface area contributed by atoms with E-state index in [1.165, 1.54) is 11.1 Å². The average Bonchev–Trinajstić information content (AvgIpc) is 2.94. The van der Waals surface area contributed by atoms with Crippen molar-refractivity contribution in [3.63, 3.8) is 0 Å². The van der Waals surface area contributed by atoms with Crippen LogP contribution in [-0.2, 0) is 17.8 Å². The number of aryl methyl sites for hydroxylation is 1. The zero-order chi connectivity index (χ0) is 15.1. The number of benzene rings is 1. The van der Waals surface area contributed by atoms with E-state index in [4.69, 9.17) is 9.15 Å². The Balaban J connectivity index is 2.10. The maximum Gasteiger partial charge on any atom is 0.129 e. The molecule has 114 valence electrons. The van der Waals surface area contributed by atoms with Gasteiger partial charge in [-0.05, 0) is 44.0 Å². The van der Waals surface area contributed by atoms with Crippen molar-refractivity contribution in [2.24, 2.45) is 0 Å². The molecule has 0 saturated carbocycles. The molecule has 1 heterocycles. The monoisotopic (exact) mass is 287 g/mol. The van der Waals surface area contributed by atoms with Gasteiger partial charge in [0, 0.05) is 7.11 Å². The van der Waals surface area contributed by atoms with Gasteiger partial charge in [-0.25, -0.2) is 0 Å². The van der Waals surface area contributed by atoms with Crippen LogP contribution in [0.25, 0.3) is 0 Å². The highest BCUT2D eigenvalue weighted by atomic mass is 16.5. The second-order valence-electron chi connectivity index (χ2n) is 5.43. The van der Waals surface area contributed by atoms with Gasteiger partial charge in [0.15, 0.2) is 0 Å². The molecule has 0 saturated heterocycles. The predicted octanol–water partition coefficient (Wildman–Crippen LogP) is 4.02. The van der Waals surface area contributed by atoms with Crippen LogP contribution >= 0.6 is 0 Å². The highest BCUT2D eigenvalue weighted by molar-refractivity contribution is 5.23. The summed E-state index contributed by atoms with van der Waals surface area (Å²) in [6.45, 7) is 5.79. The highest BCUT2D eigenvalue weighted by Gasteiger charge is 2.15. The molecule has 0 radical (unpaired) electrons. The van der Waals surface area contributed by atoms with E-state index in [0.717, 1.165) is 30.9 Å². The molecule has 0 amide bonds. The van der Waals surface area contributed by atoms with Gasteiger partial charge in [-0.15, -0.1) is 0 Å². The summed E-state index contributed by atoms with van der Waals surface area (Å²) in [6.07, 6.45) is 2.04. The van der Waals surface area contributed by atoms with E-state index in [0.29, 0.717) is 6.61 Å². The van der Waals surface area contributed by atoms with Crippen LogP contribution in [0.4, 0.5) is 0 Å². The topological polar surface area (TPSA) is 34.4 Å². The minimum absolute atomic E-state index is 0.207. The maximum absolute atomic E-state index is 5.89. The smallest absolute Gasteiger partial charge is 0.129 e. The Kier molecular flexibility index (Phi) is 6.03. The Morgan fingerprint density at radius 3 is 2.57 bits per heavy atom. The van der Waals surface area contributed by atoms with Crippen molar-refractivity contribution in [3.05, 3.63) is 59.0 Å². The van der Waals surface area contributed by atoms with Crippen LogP contribution < -0.4 is 5.32 Å². The zero-order valence-corrected chi connectivity index (χ0v) is 13.2. The molecule has 0 aliphatic heterocycles. The number of rotatable bonds is 8. The molecule has 21 heavy (non-hydrogen) atoms. The Bertz CT molecular complexity index is 530. The van der Waals surface area contributed by atoms with Crippen LogP contribution in [0.2, 0.25) is 0 Å². The van der Waals surface area contributed by atoms with Crippen LogP contribution in [0, 0.1) is 6.92 Å². The van der Waals surface area contributed by atoms with E-state index in [1.54, 1.807) is 7.11 Å². The van der Waals surface area contributed by atoms with Crippen LogP contribution in [0.3, 0.4) is 0 Å². The molecule has 2 aromatic rings. The summed E-state index contributed by atoms with van der Waals surface area (Å²) in [5, 5.41) is 3.57. The molecule has 0 fully saturated rings. The van der Waals surface area contributed by atoms with Crippen molar-refractivity contribution >= 4 is 0 Å². The lowest BCUT2D eigenvalue weighted by molar-refractivity contribution is 0.161. The van der Waals surface area contributed by atoms with Gasteiger partial charge in [-0.3, -0.25) is 0 Å². The summed E-state index contributed by atoms with van der Waals surface area (Å²) in [5.74, 6) is 1.86. The van der Waals surface area contributed by atoms with Crippen molar-refractivity contribution in [1.82, 2.24) is 5.32 Å². The standard InChI is InChI=1S/C18H25NO2/c1-4-11-19-17(12-15-7-5-14(2)6-8-15)18-10-9-16(21-18)13-20-3/h5-10,17,19H,4,11-13H2,1-3H3. The fraction of sp³-hybridized carbons (Fsp3) is 0.444. The maximum atomic E-state index is 5.89. The van der Waals surface area contributed by atoms with E-state index >= 15 is 0 Å². The molecule has 3 heteroatoms. The fourth-order valence-corrected chi connectivity index (χ4v) is 2.35. The Morgan fingerprint density at radius 2 is 1.90 bits per heavy atom. The van der Waals surface area contributed by atoms with Crippen LogP contribution in [0.15, 0.2) is 40.8 Å². The first kappa shape index (κ1) is 15.8. The van der Waals surface area contributed by atoms with Gasteiger partial charge in [0.1, 0.15) is 18.1 Å². The molecular weight excluding hydrogens is 262 g/mol. The summed E-state index contributed by atoms with van der Waals surface area (Å²) in [6, 6.07) is 12.9. The van der Waals surface area contributed by atoms with Crippen LogP contribution in [-0.4, -0.2) is 13.7 Å². The largest absolute Gasteiger partial charge is 0.462 e. The number of hydrogen-bond donors (Lipinski definition) is 1. The van der Waals surface area contributed by atoms with Crippen LogP contribution in [0.5, 0.6) is 0 Å². The third-order valence-electron chi connectivity index (χ3n) is 3.51. The number of methoxy groups -OCH3 is 1. The summed E-state index contributed by atoms with van der Waals surface area (Å²) in [7, 11) is 1.68. The first-order valence-electron chi connectivity index (χ1n) is 7.59. The van der Waals surface area contributed by atoms with Crippen molar-refractivity contribution in [2.45, 2.75) is 39.3 Å². The third-order valence-corrected chi connectivity index (χ3v) is 3.51. The Morgan fingerprint density at radius 1 is 1.14 bits per heavy atom. The van der Waals surface area contributed by atoms with E-state index in [9.17, 15) is 0 Å². The molecule has 0 aliphatic carbocycles. The number of ether oxygens (including phenoxy) is 1. The second-order valence-corrected chi connectivity index (χ2v) is 5.43. The number of furan rings is 1. The SMILES string of the molecule is CCCNC(Cc1ccc(C)cc1)c1ccc(COC)o1. The van der Waals surface area contributed by atoms with Gasteiger partial charge >= 0.3 is 0 Å². The van der Waals surface area contributed by atoms with E-state index in [1.807, 2.05) is 6.07 Å². The molecule has 1 aromatic carbocycles. The third kappa shape index (κ3) is 4.73. The van der Waals surface area contributed by atoms with E-state index in [2.05, 4.69) is 49.5 Å². The Hall–Kier alpha value is -1.58. The molecule has 2 rings (SSSR count). The lowest BCUT2D eigenvalue weighted by Gasteiger charge is -2.16. The minimum Gasteiger partial charge on any atom is -0.462 e. The van der Waals surface area contributed by atoms with Gasteiger partial charge < -0.3 is 14.5 Å². The summed E-state index contributed by atoms with van der Waals surface area (Å²) < 4.78 is 11.0. The minimum atomic E-state index is 0.207. The van der Waals surface area contributed by atoms with Gasteiger partial charge in [-0.1, -0.05) is 36.8 Å². The summed E-state index contributed by atoms with van der Waals surface area (Å²) >= 11 is 0. The normalized spacial score (nSPS) is 12.5. The quantitative estimate of drug-likeness (QED) is 0.796. The second kappa shape index (κ2) is 8.01. The molecule has 1 N–H and O–H groups in total. The molecule has 3 nitrogen and oxygen atoms in total. The molecule has 1 unspecified atom stereocenters. The molecule has 0 bridgehead atoms. The van der Waals surface area contributed by atoms with Gasteiger partial charge in [-0.2, -0.15) is 0 Å². The average molecular weight is 287 g/mol. The molecule has 1 aromatic heterocycles. The van der Waals surface area contributed by atoms with Crippen LogP contribution in [0.1, 0.15) is 42.0 Å². The summed E-state index contributed by atoms with van der Waals surface area (Å²) in [5.41, 5.74) is 2.61. The fourth-order valence-electron chi connectivity index (χ4n) is 2.35. The number of hydrogen-bond acceptors (Lipinski definition) is 3. The highest BCUT2D eigenvalue weighted by Crippen LogP contribution is 2.22.